The van der Waals surface area contributed by atoms with E-state index in [0.29, 0.717) is 10.6 Å². The first-order valence-corrected chi connectivity index (χ1v) is 7.72. The third-order valence-electron chi connectivity index (χ3n) is 3.86. The maximum Gasteiger partial charge on any atom is 0.406 e. The van der Waals surface area contributed by atoms with Crippen molar-refractivity contribution in [2.75, 3.05) is 11.9 Å². The molecule has 1 atom stereocenters. The lowest BCUT2D eigenvalue weighted by Gasteiger charge is -2.38. The Kier molecular flexibility index (Phi) is 4.49. The van der Waals surface area contributed by atoms with E-state index in [1.54, 1.807) is 6.07 Å². The zero-order chi connectivity index (χ0) is 19.1. The number of hydrogen-bond acceptors (Lipinski definition) is 4. The molecule has 6 nitrogen and oxygen atoms in total. The van der Waals surface area contributed by atoms with Crippen molar-refractivity contribution in [3.05, 3.63) is 68.7 Å². The molecule has 0 bridgehead atoms. The van der Waals surface area contributed by atoms with Crippen molar-refractivity contribution in [2.24, 2.45) is 0 Å². The molecule has 26 heavy (non-hydrogen) atoms. The monoisotopic (exact) mass is 385 g/mol. The number of carbonyl (C=O) groups excluding carboxylic acids is 1. The molecule has 10 heteroatoms. The number of non-ortho nitro benzene ring substituents is 1. The maximum atomic E-state index is 13.0. The Morgan fingerprint density at radius 3 is 2.58 bits per heavy atom. The lowest BCUT2D eigenvalue weighted by Crippen LogP contribution is -2.47. The van der Waals surface area contributed by atoms with Crippen molar-refractivity contribution in [3.8, 4) is 0 Å². The number of carbonyl (C=O) groups is 1. The summed E-state index contributed by atoms with van der Waals surface area (Å²) in [6.07, 6.45) is -5.96. The van der Waals surface area contributed by atoms with E-state index in [-0.39, 0.29) is 21.8 Å². The van der Waals surface area contributed by atoms with E-state index in [0.717, 1.165) is 12.1 Å². The molecule has 1 amide bonds. The second-order valence-corrected chi connectivity index (χ2v) is 6.01. The smallest absolute Gasteiger partial charge is 0.361 e. The Morgan fingerprint density at radius 1 is 1.23 bits per heavy atom. The van der Waals surface area contributed by atoms with Gasteiger partial charge < -0.3 is 10.2 Å². The number of nitro benzene ring substituents is 1. The molecule has 0 saturated heterocycles. The molecular formula is C16H11ClF3N3O3. The zero-order valence-corrected chi connectivity index (χ0v) is 13.7. The maximum absolute atomic E-state index is 13.0. The number of fused-ring (bicyclic) bond motifs is 1. The van der Waals surface area contributed by atoms with Crippen LogP contribution in [0.5, 0.6) is 0 Å². The average Bonchev–Trinajstić information content (AvgIpc) is 2.56. The highest BCUT2D eigenvalue weighted by molar-refractivity contribution is 6.31. The van der Waals surface area contributed by atoms with Crippen molar-refractivity contribution in [1.82, 2.24) is 4.90 Å². The van der Waals surface area contributed by atoms with E-state index in [9.17, 15) is 28.1 Å². The quantitative estimate of drug-likeness (QED) is 0.628. The predicted molar refractivity (Wildman–Crippen MR) is 88.0 cm³/mol. The van der Waals surface area contributed by atoms with E-state index in [1.165, 1.54) is 24.3 Å². The second kappa shape index (κ2) is 6.49. The van der Waals surface area contributed by atoms with E-state index in [2.05, 4.69) is 5.32 Å². The number of nitrogens with one attached hydrogen (secondary N) is 1. The molecule has 1 heterocycles. The van der Waals surface area contributed by atoms with Gasteiger partial charge in [-0.2, -0.15) is 13.2 Å². The van der Waals surface area contributed by atoms with Crippen LogP contribution in [0.3, 0.4) is 0 Å². The van der Waals surface area contributed by atoms with Crippen molar-refractivity contribution in [2.45, 2.75) is 12.3 Å². The van der Waals surface area contributed by atoms with E-state index < -0.39 is 29.7 Å². The van der Waals surface area contributed by atoms with Crippen LogP contribution >= 0.6 is 11.6 Å². The largest absolute Gasteiger partial charge is 0.406 e. The summed E-state index contributed by atoms with van der Waals surface area (Å²) in [6, 6.07) is 9.50. The molecule has 2 aromatic rings. The minimum absolute atomic E-state index is 0.00690. The summed E-state index contributed by atoms with van der Waals surface area (Å²) in [5, 5.41) is 13.8. The summed E-state index contributed by atoms with van der Waals surface area (Å²) in [6.45, 7) is -1.53. The van der Waals surface area contributed by atoms with E-state index >= 15 is 0 Å². The summed E-state index contributed by atoms with van der Waals surface area (Å²) in [4.78, 5) is 23.5. The van der Waals surface area contributed by atoms with Crippen LogP contribution in [0.25, 0.3) is 0 Å². The number of para-hydroxylation sites is 1. The first-order chi connectivity index (χ1) is 12.2. The minimum atomic E-state index is -4.66. The third kappa shape index (κ3) is 3.43. The summed E-state index contributed by atoms with van der Waals surface area (Å²) in [7, 11) is 0. The topological polar surface area (TPSA) is 75.5 Å². The highest BCUT2D eigenvalue weighted by atomic mass is 35.5. The fourth-order valence-electron chi connectivity index (χ4n) is 2.75. The van der Waals surface area contributed by atoms with Crippen LogP contribution in [0, 0.1) is 10.1 Å². The van der Waals surface area contributed by atoms with Gasteiger partial charge in [0, 0.05) is 28.4 Å². The van der Waals surface area contributed by atoms with Crippen LogP contribution in [-0.2, 0) is 0 Å². The molecule has 1 aliphatic heterocycles. The highest BCUT2D eigenvalue weighted by Gasteiger charge is 2.41. The Balaban J connectivity index is 2.13. The number of nitrogens with zero attached hydrogens (tertiary/aromatic N) is 2. The molecule has 0 unspecified atom stereocenters. The van der Waals surface area contributed by atoms with Crippen LogP contribution in [0.1, 0.15) is 22.1 Å². The first kappa shape index (κ1) is 18.0. The standard InChI is InChI=1S/C16H11ClF3N3O3/c17-12-6-5-9(23(25)26)7-11(12)14-21-13-4-2-1-3-10(13)15(24)22(14)8-16(18,19)20/h1-7,14,21H,8H2/t14-/m0/s1. The Morgan fingerprint density at radius 2 is 1.92 bits per heavy atom. The van der Waals surface area contributed by atoms with E-state index in [1.807, 2.05) is 0 Å². The van der Waals surface area contributed by atoms with Crippen LogP contribution < -0.4 is 5.32 Å². The third-order valence-corrected chi connectivity index (χ3v) is 4.20. The van der Waals surface area contributed by atoms with Crippen LogP contribution in [-0.4, -0.2) is 28.5 Å². The number of anilines is 1. The van der Waals surface area contributed by atoms with Gasteiger partial charge in [-0.05, 0) is 18.2 Å². The van der Waals surface area contributed by atoms with Gasteiger partial charge in [0.15, 0.2) is 0 Å². The number of benzene rings is 2. The van der Waals surface area contributed by atoms with Crippen molar-refractivity contribution in [3.63, 3.8) is 0 Å². The van der Waals surface area contributed by atoms with Crippen molar-refractivity contribution >= 4 is 28.9 Å². The normalized spacial score (nSPS) is 16.8. The van der Waals surface area contributed by atoms with Gasteiger partial charge in [0.25, 0.3) is 11.6 Å². The predicted octanol–water partition coefficient (Wildman–Crippen LogP) is 4.38. The van der Waals surface area contributed by atoms with Gasteiger partial charge in [-0.15, -0.1) is 0 Å². The van der Waals surface area contributed by atoms with Gasteiger partial charge in [-0.3, -0.25) is 14.9 Å². The fraction of sp³-hybridized carbons (Fsp3) is 0.188. The van der Waals surface area contributed by atoms with Gasteiger partial charge in [0.2, 0.25) is 0 Å². The summed E-state index contributed by atoms with van der Waals surface area (Å²) in [5.41, 5.74) is 0.0653. The molecular weight excluding hydrogens is 375 g/mol. The molecule has 136 valence electrons. The number of hydrogen-bond donors (Lipinski definition) is 1. The molecule has 0 aliphatic carbocycles. The fourth-order valence-corrected chi connectivity index (χ4v) is 2.97. The van der Waals surface area contributed by atoms with Crippen molar-refractivity contribution in [1.29, 1.82) is 0 Å². The zero-order valence-electron chi connectivity index (χ0n) is 13.0. The minimum Gasteiger partial charge on any atom is -0.361 e. The Bertz CT molecular complexity index is 889. The molecule has 0 saturated carbocycles. The molecule has 0 radical (unpaired) electrons. The Hall–Kier alpha value is -2.81. The molecule has 0 aromatic heterocycles. The molecule has 2 aromatic carbocycles. The van der Waals surface area contributed by atoms with Crippen LogP contribution in [0.2, 0.25) is 5.02 Å². The molecule has 1 aliphatic rings. The molecule has 0 fully saturated rings. The SMILES string of the molecule is O=C1c2ccccc2N[C@H](c2cc([N+](=O)[O-])ccc2Cl)N1CC(F)(F)F. The number of rotatable bonds is 3. The lowest BCUT2D eigenvalue weighted by atomic mass is 10.0. The van der Waals surface area contributed by atoms with Crippen molar-refractivity contribution < 1.29 is 22.9 Å². The second-order valence-electron chi connectivity index (χ2n) is 5.60. The van der Waals surface area contributed by atoms with Gasteiger partial charge in [-0.25, -0.2) is 0 Å². The summed E-state index contributed by atoms with van der Waals surface area (Å²) < 4.78 is 39.1. The summed E-state index contributed by atoms with van der Waals surface area (Å²) >= 11 is 6.06. The average molecular weight is 386 g/mol. The Labute approximate surface area is 150 Å². The summed E-state index contributed by atoms with van der Waals surface area (Å²) in [5.74, 6) is -0.843. The highest BCUT2D eigenvalue weighted by Crippen LogP contribution is 2.38. The van der Waals surface area contributed by atoms with E-state index in [4.69, 9.17) is 11.6 Å². The first-order valence-electron chi connectivity index (χ1n) is 7.34. The lowest BCUT2D eigenvalue weighted by molar-refractivity contribution is -0.384. The molecule has 0 spiro atoms. The van der Waals surface area contributed by atoms with Gasteiger partial charge in [0.05, 0.1) is 10.5 Å². The number of alkyl halides is 3. The molecule has 1 N–H and O–H groups in total. The number of halogens is 4. The number of nitro groups is 1. The number of amides is 1. The van der Waals surface area contributed by atoms with Gasteiger partial charge in [0.1, 0.15) is 12.7 Å². The molecule has 3 rings (SSSR count). The van der Waals surface area contributed by atoms with Crippen LogP contribution in [0.15, 0.2) is 42.5 Å². The van der Waals surface area contributed by atoms with Gasteiger partial charge in [-0.1, -0.05) is 23.7 Å². The van der Waals surface area contributed by atoms with Crippen LogP contribution in [0.4, 0.5) is 24.5 Å². The van der Waals surface area contributed by atoms with Gasteiger partial charge >= 0.3 is 6.18 Å².